The third-order valence-corrected chi connectivity index (χ3v) is 6.84. The van der Waals surface area contributed by atoms with Gasteiger partial charge in [0.1, 0.15) is 0 Å². The molecule has 2 aromatic rings. The average Bonchev–Trinajstić information content (AvgIpc) is 2.65. The molecule has 2 aromatic carbocycles. The Kier molecular flexibility index (Phi) is 8.25. The van der Waals surface area contributed by atoms with Gasteiger partial charge in [-0.05, 0) is 81.0 Å². The van der Waals surface area contributed by atoms with Gasteiger partial charge in [0.15, 0.2) is 0 Å². The molecular weight excluding hydrogens is 464 g/mol. The summed E-state index contributed by atoms with van der Waals surface area (Å²) in [7, 11) is -3.56. The molecule has 2 N–H and O–H groups in total. The highest BCUT2D eigenvalue weighted by Crippen LogP contribution is 2.28. The van der Waals surface area contributed by atoms with Crippen LogP contribution in [0.25, 0.3) is 0 Å². The van der Waals surface area contributed by atoms with Crippen molar-refractivity contribution in [1.82, 2.24) is 4.72 Å². The van der Waals surface area contributed by atoms with Crippen LogP contribution in [-0.4, -0.2) is 19.9 Å². The van der Waals surface area contributed by atoms with E-state index in [1.807, 2.05) is 12.1 Å². The Morgan fingerprint density at radius 3 is 2.00 bits per heavy atom. The Morgan fingerprint density at radius 1 is 1.00 bits per heavy atom. The lowest BCUT2D eigenvalue weighted by molar-refractivity contribution is -0.116. The van der Waals surface area contributed by atoms with Crippen molar-refractivity contribution in [2.45, 2.75) is 70.7 Å². The summed E-state index contributed by atoms with van der Waals surface area (Å²) in [5.41, 5.74) is 3.49. The number of hydrogen-bond acceptors (Lipinski definition) is 3. The summed E-state index contributed by atoms with van der Waals surface area (Å²) in [6, 6.07) is 10.8. The third kappa shape index (κ3) is 6.93. The van der Waals surface area contributed by atoms with Gasteiger partial charge in [-0.1, -0.05) is 41.9 Å². The normalized spacial score (nSPS) is 12.1. The van der Waals surface area contributed by atoms with Crippen LogP contribution in [-0.2, 0) is 34.1 Å². The minimum absolute atomic E-state index is 0.0483. The van der Waals surface area contributed by atoms with Crippen LogP contribution < -0.4 is 10.0 Å². The monoisotopic (exact) mass is 494 g/mol. The zero-order valence-electron chi connectivity index (χ0n) is 18.3. The fourth-order valence-electron chi connectivity index (χ4n) is 3.20. The van der Waals surface area contributed by atoms with Crippen molar-refractivity contribution in [1.29, 1.82) is 0 Å². The molecule has 0 aliphatic carbocycles. The average molecular weight is 495 g/mol. The topological polar surface area (TPSA) is 75.3 Å². The van der Waals surface area contributed by atoms with Crippen molar-refractivity contribution >= 4 is 37.5 Å². The SMILES string of the molecule is CCc1cc(Br)cc(CC)c1NC(=O)CCc1ccc(S(=O)(=O)NC(C)(C)C)cc1. The minimum Gasteiger partial charge on any atom is -0.326 e. The number of benzene rings is 2. The molecule has 0 aliphatic rings. The number of sulfonamides is 1. The van der Waals surface area contributed by atoms with Crippen LogP contribution in [0.1, 0.15) is 57.7 Å². The number of hydrogen-bond donors (Lipinski definition) is 2. The van der Waals surface area contributed by atoms with Crippen LogP contribution in [0.3, 0.4) is 0 Å². The van der Waals surface area contributed by atoms with E-state index in [1.165, 1.54) is 0 Å². The summed E-state index contributed by atoms with van der Waals surface area (Å²) in [6.07, 6.45) is 2.54. The molecule has 0 fully saturated rings. The maximum atomic E-state index is 12.6. The number of carbonyl (C=O) groups excluding carboxylic acids is 1. The van der Waals surface area contributed by atoms with Gasteiger partial charge in [-0.25, -0.2) is 13.1 Å². The molecular formula is C23H31BrN2O3S. The smallest absolute Gasteiger partial charge is 0.241 e. The number of halogens is 1. The predicted molar refractivity (Wildman–Crippen MR) is 126 cm³/mol. The van der Waals surface area contributed by atoms with Gasteiger partial charge in [0.25, 0.3) is 0 Å². The highest BCUT2D eigenvalue weighted by Gasteiger charge is 2.21. The Morgan fingerprint density at radius 2 is 1.53 bits per heavy atom. The molecule has 0 aromatic heterocycles. The van der Waals surface area contributed by atoms with E-state index in [0.29, 0.717) is 12.8 Å². The van der Waals surface area contributed by atoms with E-state index in [2.05, 4.69) is 39.8 Å². The maximum Gasteiger partial charge on any atom is 0.241 e. The first-order chi connectivity index (χ1) is 13.9. The zero-order valence-corrected chi connectivity index (χ0v) is 20.7. The number of amides is 1. The quantitative estimate of drug-likeness (QED) is 0.527. The molecule has 0 unspecified atom stereocenters. The molecule has 7 heteroatoms. The molecule has 2 rings (SSSR count). The summed E-state index contributed by atoms with van der Waals surface area (Å²) in [5, 5.41) is 3.07. The summed E-state index contributed by atoms with van der Waals surface area (Å²) < 4.78 is 28.4. The standard InChI is InChI=1S/C23H31BrN2O3S/c1-6-17-14-19(24)15-18(7-2)22(17)25-21(27)13-10-16-8-11-20(12-9-16)30(28,29)26-23(3,4)5/h8-9,11-12,14-15,26H,6-7,10,13H2,1-5H3,(H,25,27). The lowest BCUT2D eigenvalue weighted by Gasteiger charge is -2.20. The fraction of sp³-hybridized carbons (Fsp3) is 0.435. The first kappa shape index (κ1) is 24.6. The van der Waals surface area contributed by atoms with Gasteiger partial charge in [-0.2, -0.15) is 0 Å². The van der Waals surface area contributed by atoms with E-state index in [9.17, 15) is 13.2 Å². The van der Waals surface area contributed by atoms with E-state index in [1.54, 1.807) is 45.0 Å². The molecule has 5 nitrogen and oxygen atoms in total. The molecule has 0 saturated carbocycles. The molecule has 0 spiro atoms. The van der Waals surface area contributed by atoms with Crippen molar-refractivity contribution in [3.05, 3.63) is 57.6 Å². The van der Waals surface area contributed by atoms with Crippen molar-refractivity contribution in [3.8, 4) is 0 Å². The molecule has 0 heterocycles. The van der Waals surface area contributed by atoms with Crippen molar-refractivity contribution < 1.29 is 13.2 Å². The van der Waals surface area contributed by atoms with Crippen LogP contribution in [0.2, 0.25) is 0 Å². The molecule has 30 heavy (non-hydrogen) atoms. The van der Waals surface area contributed by atoms with Crippen LogP contribution in [0.5, 0.6) is 0 Å². The Labute approximate surface area is 188 Å². The van der Waals surface area contributed by atoms with Gasteiger partial charge < -0.3 is 5.32 Å². The fourth-order valence-corrected chi connectivity index (χ4v) is 5.17. The van der Waals surface area contributed by atoms with Gasteiger partial charge in [-0.3, -0.25) is 4.79 Å². The Balaban J connectivity index is 2.04. The second-order valence-corrected chi connectivity index (χ2v) is 11.0. The highest BCUT2D eigenvalue weighted by atomic mass is 79.9. The van der Waals surface area contributed by atoms with E-state index in [4.69, 9.17) is 0 Å². The first-order valence-electron chi connectivity index (χ1n) is 10.2. The number of anilines is 1. The molecule has 0 radical (unpaired) electrons. The van der Waals surface area contributed by atoms with Crippen LogP contribution in [0, 0.1) is 0 Å². The lowest BCUT2D eigenvalue weighted by atomic mass is 10.0. The van der Waals surface area contributed by atoms with Gasteiger partial charge >= 0.3 is 0 Å². The second kappa shape index (κ2) is 10.1. The Hall–Kier alpha value is -1.70. The van der Waals surface area contributed by atoms with Crippen molar-refractivity contribution in [2.24, 2.45) is 0 Å². The molecule has 0 aliphatic heterocycles. The van der Waals surface area contributed by atoms with Gasteiger partial charge in [-0.15, -0.1) is 0 Å². The van der Waals surface area contributed by atoms with Crippen LogP contribution in [0.4, 0.5) is 5.69 Å². The Bertz CT molecular complexity index is 969. The van der Waals surface area contributed by atoms with Crippen molar-refractivity contribution in [2.75, 3.05) is 5.32 Å². The van der Waals surface area contributed by atoms with Gasteiger partial charge in [0.05, 0.1) is 4.90 Å². The largest absolute Gasteiger partial charge is 0.326 e. The van der Waals surface area contributed by atoms with Gasteiger partial charge in [0, 0.05) is 22.1 Å². The molecule has 0 bridgehead atoms. The first-order valence-corrected chi connectivity index (χ1v) is 12.5. The van der Waals surface area contributed by atoms with E-state index < -0.39 is 15.6 Å². The van der Waals surface area contributed by atoms with E-state index in [0.717, 1.165) is 39.7 Å². The second-order valence-electron chi connectivity index (χ2n) is 8.35. The summed E-state index contributed by atoms with van der Waals surface area (Å²) in [6.45, 7) is 9.55. The van der Waals surface area contributed by atoms with E-state index >= 15 is 0 Å². The number of aryl methyl sites for hydroxylation is 3. The maximum absolute atomic E-state index is 12.6. The minimum atomic E-state index is -3.56. The number of rotatable bonds is 8. The van der Waals surface area contributed by atoms with Gasteiger partial charge in [0.2, 0.25) is 15.9 Å². The van der Waals surface area contributed by atoms with Crippen LogP contribution in [0.15, 0.2) is 45.8 Å². The zero-order chi connectivity index (χ0) is 22.5. The highest BCUT2D eigenvalue weighted by molar-refractivity contribution is 9.10. The summed E-state index contributed by atoms with van der Waals surface area (Å²) >= 11 is 3.53. The van der Waals surface area contributed by atoms with Crippen LogP contribution >= 0.6 is 15.9 Å². The summed E-state index contributed by atoms with van der Waals surface area (Å²) in [4.78, 5) is 12.8. The summed E-state index contributed by atoms with van der Waals surface area (Å²) in [5.74, 6) is -0.0483. The van der Waals surface area contributed by atoms with E-state index in [-0.39, 0.29) is 10.8 Å². The molecule has 1 amide bonds. The third-order valence-electron chi connectivity index (χ3n) is 4.61. The lowest BCUT2D eigenvalue weighted by Crippen LogP contribution is -2.40. The van der Waals surface area contributed by atoms with Crippen molar-refractivity contribution in [3.63, 3.8) is 0 Å². The number of nitrogens with one attached hydrogen (secondary N) is 2. The molecule has 0 saturated heterocycles. The molecule has 164 valence electrons. The number of carbonyl (C=O) groups is 1. The molecule has 0 atom stereocenters. The predicted octanol–water partition coefficient (Wildman–Crippen LogP) is 5.22.